The van der Waals surface area contributed by atoms with Gasteiger partial charge in [-0.15, -0.1) is 0 Å². The van der Waals surface area contributed by atoms with E-state index >= 15 is 0 Å². The lowest BCUT2D eigenvalue weighted by Gasteiger charge is -2.35. The number of piperidine rings is 1. The van der Waals surface area contributed by atoms with Gasteiger partial charge >= 0.3 is 0 Å². The molecule has 1 saturated heterocycles. The summed E-state index contributed by atoms with van der Waals surface area (Å²) >= 11 is 0. The smallest absolute Gasteiger partial charge is 0.146 e. The minimum Gasteiger partial charge on any atom is -0.385 e. The Kier molecular flexibility index (Phi) is 4.07. The number of aryl methyl sites for hydroxylation is 1. The summed E-state index contributed by atoms with van der Waals surface area (Å²) < 4.78 is 1.85. The van der Waals surface area contributed by atoms with E-state index in [0.29, 0.717) is 23.8 Å². The third-order valence-corrected chi connectivity index (χ3v) is 4.23. The number of pyridine rings is 1. The number of imidazole rings is 1. The zero-order valence-electron chi connectivity index (χ0n) is 12.6. The summed E-state index contributed by atoms with van der Waals surface area (Å²) in [5.41, 5.74) is 0.578. The summed E-state index contributed by atoms with van der Waals surface area (Å²) in [7, 11) is 1.89. The summed E-state index contributed by atoms with van der Waals surface area (Å²) in [5.74, 6) is 1.48. The normalized spacial score (nSPS) is 19.7. The number of rotatable bonds is 3. The fourth-order valence-corrected chi connectivity index (χ4v) is 3.07. The number of aliphatic hydroxyl groups excluding tert-OH is 1. The average Bonchev–Trinajstić information content (AvgIpc) is 3.00. The first-order chi connectivity index (χ1) is 10.7. The van der Waals surface area contributed by atoms with Gasteiger partial charge in [-0.3, -0.25) is 0 Å². The van der Waals surface area contributed by atoms with E-state index in [1.807, 2.05) is 17.8 Å². The molecular formula is C16H19N5O. The molecule has 114 valence electrons. The zero-order valence-corrected chi connectivity index (χ0v) is 12.6. The Hall–Kier alpha value is -2.39. The molecule has 0 bridgehead atoms. The van der Waals surface area contributed by atoms with E-state index in [1.165, 1.54) is 0 Å². The molecule has 1 N–H and O–H groups in total. The van der Waals surface area contributed by atoms with Gasteiger partial charge < -0.3 is 14.6 Å². The van der Waals surface area contributed by atoms with Crippen LogP contribution in [-0.4, -0.2) is 32.7 Å². The van der Waals surface area contributed by atoms with Gasteiger partial charge in [0.15, 0.2) is 0 Å². The predicted molar refractivity (Wildman–Crippen MR) is 82.1 cm³/mol. The van der Waals surface area contributed by atoms with Crippen LogP contribution in [0.5, 0.6) is 0 Å². The first-order valence-corrected chi connectivity index (χ1v) is 7.46. The number of hydrogen-bond acceptors (Lipinski definition) is 5. The summed E-state index contributed by atoms with van der Waals surface area (Å²) in [5, 5.41) is 19.8. The minimum atomic E-state index is -0.600. The number of hydrogen-bond donors (Lipinski definition) is 1. The fourth-order valence-electron chi connectivity index (χ4n) is 3.07. The van der Waals surface area contributed by atoms with Gasteiger partial charge in [-0.2, -0.15) is 5.26 Å². The molecule has 22 heavy (non-hydrogen) atoms. The Morgan fingerprint density at radius 3 is 3.00 bits per heavy atom. The molecule has 6 heteroatoms. The molecule has 0 aliphatic carbocycles. The van der Waals surface area contributed by atoms with Crippen molar-refractivity contribution < 1.29 is 5.11 Å². The number of nitrogens with zero attached hydrogens (tertiary/aromatic N) is 5. The van der Waals surface area contributed by atoms with Crippen LogP contribution in [0, 0.1) is 17.2 Å². The molecule has 3 rings (SSSR count). The summed E-state index contributed by atoms with van der Waals surface area (Å²) in [6, 6.07) is 5.74. The van der Waals surface area contributed by atoms with Crippen LogP contribution in [0.15, 0.2) is 30.7 Å². The maximum absolute atomic E-state index is 10.6. The maximum atomic E-state index is 10.6. The van der Waals surface area contributed by atoms with E-state index in [4.69, 9.17) is 0 Å². The molecule has 3 heterocycles. The van der Waals surface area contributed by atoms with Gasteiger partial charge in [0.05, 0.1) is 5.56 Å². The van der Waals surface area contributed by atoms with E-state index in [-0.39, 0.29) is 5.92 Å². The van der Waals surface area contributed by atoms with E-state index in [0.717, 1.165) is 19.4 Å². The lowest BCUT2D eigenvalue weighted by molar-refractivity contribution is 0.0873. The Bertz CT molecular complexity index is 690. The van der Waals surface area contributed by atoms with Gasteiger partial charge in [0.1, 0.15) is 23.8 Å². The molecule has 0 radical (unpaired) electrons. The molecule has 0 spiro atoms. The third kappa shape index (κ3) is 2.68. The van der Waals surface area contributed by atoms with E-state index in [2.05, 4.69) is 20.9 Å². The monoisotopic (exact) mass is 297 g/mol. The second kappa shape index (κ2) is 6.16. The van der Waals surface area contributed by atoms with Crippen LogP contribution in [0.25, 0.3) is 0 Å². The van der Waals surface area contributed by atoms with Crippen molar-refractivity contribution in [1.82, 2.24) is 14.5 Å². The van der Waals surface area contributed by atoms with Gasteiger partial charge in [-0.05, 0) is 25.0 Å². The number of aromatic nitrogens is 3. The highest BCUT2D eigenvalue weighted by Crippen LogP contribution is 2.31. The molecule has 0 aromatic carbocycles. The van der Waals surface area contributed by atoms with Crippen LogP contribution >= 0.6 is 0 Å². The number of aliphatic hydroxyl groups is 1. The van der Waals surface area contributed by atoms with Gasteiger partial charge in [0, 0.05) is 44.6 Å². The van der Waals surface area contributed by atoms with Crippen LogP contribution in [0.4, 0.5) is 5.82 Å². The number of nitriles is 1. The first kappa shape index (κ1) is 14.5. The van der Waals surface area contributed by atoms with Crippen molar-refractivity contribution in [3.8, 4) is 6.07 Å². The molecule has 1 aliphatic heterocycles. The molecule has 2 atom stereocenters. The molecule has 0 amide bonds. The van der Waals surface area contributed by atoms with Gasteiger partial charge in [-0.1, -0.05) is 0 Å². The standard InChI is InChI=1S/C16H19N5O/c1-20-9-7-19-16(20)14(22)13-5-3-8-21(11-13)15-12(10-17)4-2-6-18-15/h2,4,6-7,9,13-14,22H,3,5,8,11H2,1H3. The lowest BCUT2D eigenvalue weighted by atomic mass is 9.91. The summed E-state index contributed by atoms with van der Waals surface area (Å²) in [4.78, 5) is 10.7. The van der Waals surface area contributed by atoms with E-state index < -0.39 is 6.10 Å². The first-order valence-electron chi connectivity index (χ1n) is 7.46. The van der Waals surface area contributed by atoms with Gasteiger partial charge in [-0.25, -0.2) is 9.97 Å². The Morgan fingerprint density at radius 2 is 2.27 bits per heavy atom. The second-order valence-electron chi connectivity index (χ2n) is 5.68. The van der Waals surface area contributed by atoms with Crippen LogP contribution in [0.3, 0.4) is 0 Å². The molecule has 1 fully saturated rings. The van der Waals surface area contributed by atoms with Crippen LogP contribution in [0.2, 0.25) is 0 Å². The predicted octanol–water partition coefficient (Wildman–Crippen LogP) is 1.64. The lowest BCUT2D eigenvalue weighted by Crippen LogP contribution is -2.39. The van der Waals surface area contributed by atoms with E-state index in [9.17, 15) is 10.4 Å². The summed E-state index contributed by atoms with van der Waals surface area (Å²) in [6.07, 6.45) is 6.55. The van der Waals surface area contributed by atoms with Crippen molar-refractivity contribution in [3.63, 3.8) is 0 Å². The van der Waals surface area contributed by atoms with Crippen molar-refractivity contribution in [2.75, 3.05) is 18.0 Å². The van der Waals surface area contributed by atoms with Crippen molar-refractivity contribution in [2.24, 2.45) is 13.0 Å². The molecular weight excluding hydrogens is 278 g/mol. The topological polar surface area (TPSA) is 78.0 Å². The van der Waals surface area contributed by atoms with Crippen LogP contribution < -0.4 is 4.90 Å². The molecule has 2 unspecified atom stereocenters. The molecule has 1 aliphatic rings. The van der Waals surface area contributed by atoms with Crippen LogP contribution in [-0.2, 0) is 7.05 Å². The SMILES string of the molecule is Cn1ccnc1C(O)C1CCCN(c2ncccc2C#N)C1. The summed E-state index contributed by atoms with van der Waals surface area (Å²) in [6.45, 7) is 1.54. The van der Waals surface area contributed by atoms with Crippen molar-refractivity contribution in [2.45, 2.75) is 18.9 Å². The minimum absolute atomic E-state index is 0.0865. The Morgan fingerprint density at radius 1 is 1.41 bits per heavy atom. The van der Waals surface area contributed by atoms with Crippen molar-refractivity contribution in [3.05, 3.63) is 42.1 Å². The quantitative estimate of drug-likeness (QED) is 0.931. The highest BCUT2D eigenvalue weighted by Gasteiger charge is 2.30. The van der Waals surface area contributed by atoms with E-state index in [1.54, 1.807) is 24.5 Å². The molecule has 2 aromatic rings. The van der Waals surface area contributed by atoms with Crippen LogP contribution in [0.1, 0.15) is 30.3 Å². The van der Waals surface area contributed by atoms with Crippen molar-refractivity contribution >= 4 is 5.82 Å². The molecule has 2 aromatic heterocycles. The Balaban J connectivity index is 1.80. The zero-order chi connectivity index (χ0) is 15.5. The Labute approximate surface area is 129 Å². The van der Waals surface area contributed by atoms with Crippen molar-refractivity contribution in [1.29, 1.82) is 5.26 Å². The van der Waals surface area contributed by atoms with Gasteiger partial charge in [0.25, 0.3) is 0 Å². The maximum Gasteiger partial charge on any atom is 0.146 e. The second-order valence-corrected chi connectivity index (χ2v) is 5.68. The highest BCUT2D eigenvalue weighted by atomic mass is 16.3. The third-order valence-electron chi connectivity index (χ3n) is 4.23. The highest BCUT2D eigenvalue weighted by molar-refractivity contribution is 5.53. The molecule has 6 nitrogen and oxygen atoms in total. The average molecular weight is 297 g/mol. The number of anilines is 1. The van der Waals surface area contributed by atoms with Gasteiger partial charge in [0.2, 0.25) is 0 Å². The largest absolute Gasteiger partial charge is 0.385 e. The molecule has 0 saturated carbocycles. The fraction of sp³-hybridized carbons (Fsp3) is 0.438.